The number of hydrogen-bond donors (Lipinski definition) is 1. The van der Waals surface area contributed by atoms with E-state index >= 15 is 0 Å². The molecule has 0 radical (unpaired) electrons. The molecule has 0 saturated carbocycles. The molecule has 0 aliphatic rings. The van der Waals surface area contributed by atoms with E-state index in [0.29, 0.717) is 5.03 Å². The lowest BCUT2D eigenvalue weighted by Crippen LogP contribution is -2.04. The molecule has 0 aliphatic carbocycles. The van der Waals surface area contributed by atoms with Crippen molar-refractivity contribution in [2.45, 2.75) is 17.2 Å². The highest BCUT2D eigenvalue weighted by atomic mass is 32.2. The van der Waals surface area contributed by atoms with E-state index < -0.39 is 4.92 Å². The van der Waals surface area contributed by atoms with Crippen LogP contribution < -0.4 is 0 Å². The van der Waals surface area contributed by atoms with E-state index in [1.54, 1.807) is 18.5 Å². The summed E-state index contributed by atoms with van der Waals surface area (Å²) in [5.74, 6) is -0.155. The molecule has 1 aromatic heterocycles. The molecule has 1 aromatic rings. The Morgan fingerprint density at radius 2 is 2.50 bits per heavy atom. The molecule has 0 aliphatic heterocycles. The second-order valence-electron chi connectivity index (χ2n) is 2.85. The first-order valence-electron chi connectivity index (χ1n) is 3.99. The summed E-state index contributed by atoms with van der Waals surface area (Å²) in [7, 11) is 1.69. The molecule has 1 rings (SSSR count). The van der Waals surface area contributed by atoms with Gasteiger partial charge in [0.1, 0.15) is 0 Å². The van der Waals surface area contributed by atoms with Gasteiger partial charge in [-0.05, 0) is 9.91 Å². The van der Waals surface area contributed by atoms with Gasteiger partial charge in [-0.25, -0.2) is 0 Å². The van der Waals surface area contributed by atoms with Crippen LogP contribution in [0.2, 0.25) is 0 Å². The van der Waals surface area contributed by atoms with Crippen molar-refractivity contribution in [2.24, 2.45) is 7.05 Å². The van der Waals surface area contributed by atoms with Crippen LogP contribution in [0.1, 0.15) is 6.92 Å². The van der Waals surface area contributed by atoms with E-state index in [-0.39, 0.29) is 17.7 Å². The summed E-state index contributed by atoms with van der Waals surface area (Å²) in [4.78, 5) is 13.7. The SMILES string of the molecule is CC(CO)Sc1c([N+](=O)[O-])ncn1C. The van der Waals surface area contributed by atoms with Gasteiger partial charge in [0.15, 0.2) is 5.03 Å². The molecular weight excluding hydrogens is 206 g/mol. The maximum atomic E-state index is 10.6. The Morgan fingerprint density at radius 3 is 3.00 bits per heavy atom. The van der Waals surface area contributed by atoms with Gasteiger partial charge in [0.25, 0.3) is 0 Å². The van der Waals surface area contributed by atoms with Crippen molar-refractivity contribution in [1.82, 2.24) is 9.55 Å². The van der Waals surface area contributed by atoms with Gasteiger partial charge in [0.05, 0.1) is 6.61 Å². The normalized spacial score (nSPS) is 12.8. The third kappa shape index (κ3) is 2.24. The van der Waals surface area contributed by atoms with Gasteiger partial charge in [-0.15, -0.1) is 0 Å². The minimum absolute atomic E-state index is 0.0208. The highest BCUT2D eigenvalue weighted by Crippen LogP contribution is 2.30. The third-order valence-electron chi connectivity index (χ3n) is 1.61. The second-order valence-corrected chi connectivity index (χ2v) is 4.28. The van der Waals surface area contributed by atoms with Crippen LogP contribution in [-0.2, 0) is 7.05 Å². The zero-order valence-electron chi connectivity index (χ0n) is 7.88. The molecule has 1 heterocycles. The average Bonchev–Trinajstić information content (AvgIpc) is 2.48. The minimum Gasteiger partial charge on any atom is -0.395 e. The number of aryl methyl sites for hydroxylation is 1. The first-order chi connectivity index (χ1) is 6.56. The van der Waals surface area contributed by atoms with Gasteiger partial charge in [-0.1, -0.05) is 18.7 Å². The Hall–Kier alpha value is -1.08. The number of nitro groups is 1. The smallest absolute Gasteiger partial charge is 0.395 e. The van der Waals surface area contributed by atoms with E-state index in [1.807, 2.05) is 0 Å². The zero-order chi connectivity index (χ0) is 10.7. The van der Waals surface area contributed by atoms with Crippen molar-refractivity contribution in [3.63, 3.8) is 0 Å². The Balaban J connectivity index is 2.93. The van der Waals surface area contributed by atoms with Gasteiger partial charge >= 0.3 is 5.82 Å². The van der Waals surface area contributed by atoms with Crippen LogP contribution in [0, 0.1) is 10.1 Å². The summed E-state index contributed by atoms with van der Waals surface area (Å²) in [6, 6.07) is 0. The molecule has 0 spiro atoms. The molecular formula is C7H11N3O3S. The number of imidazole rings is 1. The molecule has 0 aromatic carbocycles. The molecule has 0 fully saturated rings. The number of thioether (sulfide) groups is 1. The zero-order valence-corrected chi connectivity index (χ0v) is 8.69. The maximum absolute atomic E-state index is 10.6. The summed E-state index contributed by atoms with van der Waals surface area (Å²) in [5, 5.41) is 19.8. The van der Waals surface area contributed by atoms with Crippen LogP contribution in [-0.4, -0.2) is 31.4 Å². The second kappa shape index (κ2) is 4.43. The molecule has 1 atom stereocenters. The number of aliphatic hydroxyl groups is 1. The van der Waals surface area contributed by atoms with Crippen LogP contribution >= 0.6 is 11.8 Å². The van der Waals surface area contributed by atoms with Gasteiger partial charge in [0, 0.05) is 12.3 Å². The van der Waals surface area contributed by atoms with Crippen LogP contribution in [0.5, 0.6) is 0 Å². The van der Waals surface area contributed by atoms with Gasteiger partial charge in [-0.2, -0.15) is 0 Å². The molecule has 1 N–H and O–H groups in total. The molecule has 0 amide bonds. The lowest BCUT2D eigenvalue weighted by atomic mass is 10.5. The number of rotatable bonds is 4. The van der Waals surface area contributed by atoms with Gasteiger partial charge in [0.2, 0.25) is 6.33 Å². The maximum Gasteiger partial charge on any atom is 0.395 e. The fourth-order valence-electron chi connectivity index (χ4n) is 0.896. The molecule has 14 heavy (non-hydrogen) atoms. The number of aromatic nitrogens is 2. The minimum atomic E-state index is -0.521. The standard InChI is InChI=1S/C7H11N3O3S/c1-5(3-11)14-7-6(10(12)13)8-4-9(7)2/h4-5,11H,3H2,1-2H3. The predicted molar refractivity (Wildman–Crippen MR) is 52.3 cm³/mol. The lowest BCUT2D eigenvalue weighted by Gasteiger charge is -2.06. The molecule has 78 valence electrons. The molecule has 1 unspecified atom stereocenters. The summed E-state index contributed by atoms with van der Waals surface area (Å²) >= 11 is 1.24. The van der Waals surface area contributed by atoms with Crippen molar-refractivity contribution in [2.75, 3.05) is 6.61 Å². The third-order valence-corrected chi connectivity index (χ3v) is 2.85. The van der Waals surface area contributed by atoms with Crippen LogP contribution in [0.3, 0.4) is 0 Å². The van der Waals surface area contributed by atoms with Gasteiger partial charge in [-0.3, -0.25) is 0 Å². The fourth-order valence-corrected chi connectivity index (χ4v) is 1.80. The van der Waals surface area contributed by atoms with Gasteiger partial charge < -0.3 is 19.8 Å². The van der Waals surface area contributed by atoms with Crippen molar-refractivity contribution in [3.8, 4) is 0 Å². The van der Waals surface area contributed by atoms with Crippen molar-refractivity contribution >= 4 is 17.6 Å². The average molecular weight is 217 g/mol. The fraction of sp³-hybridized carbons (Fsp3) is 0.571. The van der Waals surface area contributed by atoms with Crippen molar-refractivity contribution in [3.05, 3.63) is 16.4 Å². The first kappa shape index (κ1) is 11.0. The summed E-state index contributed by atoms with van der Waals surface area (Å²) in [5.41, 5.74) is 0. The van der Waals surface area contributed by atoms with Crippen LogP contribution in [0.4, 0.5) is 5.82 Å². The lowest BCUT2D eigenvalue weighted by molar-refractivity contribution is -0.392. The number of nitrogens with zero attached hydrogens (tertiary/aromatic N) is 3. The van der Waals surface area contributed by atoms with Crippen LogP contribution in [0.25, 0.3) is 0 Å². The summed E-state index contributed by atoms with van der Waals surface area (Å²) < 4.78 is 1.58. The van der Waals surface area contributed by atoms with Crippen molar-refractivity contribution in [1.29, 1.82) is 0 Å². The Kier molecular flexibility index (Phi) is 3.48. The van der Waals surface area contributed by atoms with E-state index in [9.17, 15) is 10.1 Å². The number of hydrogen-bond acceptors (Lipinski definition) is 5. The summed E-state index contributed by atoms with van der Waals surface area (Å²) in [6.45, 7) is 1.77. The van der Waals surface area contributed by atoms with Crippen LogP contribution in [0.15, 0.2) is 11.4 Å². The molecule has 6 nitrogen and oxygen atoms in total. The Morgan fingerprint density at radius 1 is 1.86 bits per heavy atom. The molecule has 0 bridgehead atoms. The molecule has 0 saturated heterocycles. The van der Waals surface area contributed by atoms with E-state index in [4.69, 9.17) is 5.11 Å². The monoisotopic (exact) mass is 217 g/mol. The molecule has 7 heteroatoms. The quantitative estimate of drug-likeness (QED) is 0.458. The van der Waals surface area contributed by atoms with Crippen molar-refractivity contribution < 1.29 is 10.0 Å². The predicted octanol–water partition coefficient (Wildman–Crippen LogP) is 0.801. The summed E-state index contributed by atoms with van der Waals surface area (Å²) in [6.07, 6.45) is 1.39. The highest BCUT2D eigenvalue weighted by molar-refractivity contribution is 8.00. The highest BCUT2D eigenvalue weighted by Gasteiger charge is 2.21. The Bertz CT molecular complexity index is 339. The van der Waals surface area contributed by atoms with E-state index in [1.165, 1.54) is 18.1 Å². The first-order valence-corrected chi connectivity index (χ1v) is 4.87. The van der Waals surface area contributed by atoms with E-state index in [2.05, 4.69) is 4.98 Å². The Labute approximate surface area is 85.1 Å². The number of aliphatic hydroxyl groups excluding tert-OH is 1. The topological polar surface area (TPSA) is 81.2 Å². The van der Waals surface area contributed by atoms with E-state index in [0.717, 1.165) is 0 Å². The largest absolute Gasteiger partial charge is 0.395 e.